The second-order valence-corrected chi connectivity index (χ2v) is 6.86. The number of anilines is 1. The fourth-order valence-electron chi connectivity index (χ4n) is 3.37. The summed E-state index contributed by atoms with van der Waals surface area (Å²) in [6.07, 6.45) is 3.59. The first-order chi connectivity index (χ1) is 10.9. The molecule has 1 aliphatic heterocycles. The Kier molecular flexibility index (Phi) is 6.19. The first-order valence-corrected chi connectivity index (χ1v) is 8.67. The van der Waals surface area contributed by atoms with E-state index in [4.69, 9.17) is 4.74 Å². The minimum absolute atomic E-state index is 0.0651. The Morgan fingerprint density at radius 3 is 2.61 bits per heavy atom. The van der Waals surface area contributed by atoms with E-state index in [0.717, 1.165) is 43.7 Å². The number of carbonyl (C=O) groups excluding carboxylic acids is 1. The number of amides is 1. The van der Waals surface area contributed by atoms with Gasteiger partial charge < -0.3 is 15.4 Å². The van der Waals surface area contributed by atoms with E-state index >= 15 is 0 Å². The van der Waals surface area contributed by atoms with Crippen LogP contribution in [-0.4, -0.2) is 30.7 Å². The molecule has 1 aromatic carbocycles. The van der Waals surface area contributed by atoms with E-state index in [1.165, 1.54) is 5.56 Å². The normalized spacial score (nSPS) is 18.4. The summed E-state index contributed by atoms with van der Waals surface area (Å²) in [7, 11) is 0. The van der Waals surface area contributed by atoms with E-state index in [0.29, 0.717) is 6.42 Å². The molecule has 1 heterocycles. The van der Waals surface area contributed by atoms with Crippen LogP contribution in [0.4, 0.5) is 5.69 Å². The summed E-state index contributed by atoms with van der Waals surface area (Å²) in [5.41, 5.74) is 3.34. The minimum Gasteiger partial charge on any atom is -0.381 e. The zero-order valence-corrected chi connectivity index (χ0v) is 14.9. The molecule has 1 aliphatic rings. The summed E-state index contributed by atoms with van der Waals surface area (Å²) >= 11 is 0. The molecule has 2 rings (SSSR count). The van der Waals surface area contributed by atoms with Gasteiger partial charge in [0.15, 0.2) is 0 Å². The van der Waals surface area contributed by atoms with Gasteiger partial charge in [0, 0.05) is 36.9 Å². The monoisotopic (exact) mass is 318 g/mol. The molecule has 0 aromatic heterocycles. The van der Waals surface area contributed by atoms with E-state index in [2.05, 4.69) is 37.5 Å². The SMILES string of the molecule is CCC1(NC(C)CC(=O)Nc2ccc(C)cc2C)CCOCC1. The van der Waals surface area contributed by atoms with Crippen LogP contribution in [0.3, 0.4) is 0 Å². The molecule has 1 aromatic rings. The van der Waals surface area contributed by atoms with Crippen LogP contribution in [0.25, 0.3) is 0 Å². The Morgan fingerprint density at radius 1 is 1.30 bits per heavy atom. The Bertz CT molecular complexity index is 536. The number of benzene rings is 1. The molecule has 1 amide bonds. The maximum absolute atomic E-state index is 12.3. The third kappa shape index (κ3) is 5.05. The lowest BCUT2D eigenvalue weighted by Crippen LogP contribution is -2.53. The lowest BCUT2D eigenvalue weighted by Gasteiger charge is -2.39. The first kappa shape index (κ1) is 18.0. The fraction of sp³-hybridized carbons (Fsp3) is 0.632. The largest absolute Gasteiger partial charge is 0.381 e. The van der Waals surface area contributed by atoms with E-state index in [9.17, 15) is 4.79 Å². The standard InChI is InChI=1S/C19H30N2O2/c1-5-19(8-10-23-11-9-19)21-16(4)13-18(22)20-17-7-6-14(2)12-15(17)3/h6-7,12,16,21H,5,8-11,13H2,1-4H3,(H,20,22). The summed E-state index contributed by atoms with van der Waals surface area (Å²) in [4.78, 5) is 12.3. The number of ether oxygens (including phenoxy) is 1. The molecule has 0 radical (unpaired) electrons. The second-order valence-electron chi connectivity index (χ2n) is 6.86. The van der Waals surface area contributed by atoms with E-state index in [1.54, 1.807) is 0 Å². The van der Waals surface area contributed by atoms with Crippen LogP contribution in [0, 0.1) is 13.8 Å². The predicted octanol–water partition coefficient (Wildman–Crippen LogP) is 3.57. The number of hydrogen-bond donors (Lipinski definition) is 2. The average molecular weight is 318 g/mol. The van der Waals surface area contributed by atoms with Gasteiger partial charge in [0.1, 0.15) is 0 Å². The highest BCUT2D eigenvalue weighted by atomic mass is 16.5. The van der Waals surface area contributed by atoms with Crippen LogP contribution in [0.5, 0.6) is 0 Å². The quantitative estimate of drug-likeness (QED) is 0.843. The van der Waals surface area contributed by atoms with Gasteiger partial charge in [-0.1, -0.05) is 24.6 Å². The highest BCUT2D eigenvalue weighted by Gasteiger charge is 2.32. The zero-order valence-electron chi connectivity index (χ0n) is 14.9. The van der Waals surface area contributed by atoms with Gasteiger partial charge in [-0.3, -0.25) is 4.79 Å². The smallest absolute Gasteiger partial charge is 0.225 e. The number of nitrogens with one attached hydrogen (secondary N) is 2. The van der Waals surface area contributed by atoms with Gasteiger partial charge >= 0.3 is 0 Å². The van der Waals surface area contributed by atoms with E-state index < -0.39 is 0 Å². The van der Waals surface area contributed by atoms with Gasteiger partial charge in [-0.15, -0.1) is 0 Å². The van der Waals surface area contributed by atoms with Crippen molar-refractivity contribution in [2.24, 2.45) is 0 Å². The minimum atomic E-state index is 0.0651. The predicted molar refractivity (Wildman–Crippen MR) is 94.8 cm³/mol. The Balaban J connectivity index is 1.89. The highest BCUT2D eigenvalue weighted by molar-refractivity contribution is 5.91. The van der Waals surface area contributed by atoms with Crippen LogP contribution < -0.4 is 10.6 Å². The topological polar surface area (TPSA) is 50.4 Å². The molecular formula is C19H30N2O2. The third-order valence-electron chi connectivity index (χ3n) is 4.83. The van der Waals surface area contributed by atoms with E-state index in [-0.39, 0.29) is 17.5 Å². The molecule has 0 bridgehead atoms. The van der Waals surface area contributed by atoms with Gasteiger partial charge in [0.2, 0.25) is 5.91 Å². The number of hydrogen-bond acceptors (Lipinski definition) is 3. The maximum Gasteiger partial charge on any atom is 0.225 e. The van der Waals surface area contributed by atoms with Gasteiger partial charge in [0.05, 0.1) is 0 Å². The summed E-state index contributed by atoms with van der Waals surface area (Å²) in [5, 5.41) is 6.71. The summed E-state index contributed by atoms with van der Waals surface area (Å²) in [5.74, 6) is 0.0651. The molecule has 4 nitrogen and oxygen atoms in total. The van der Waals surface area contributed by atoms with E-state index in [1.807, 2.05) is 19.1 Å². The van der Waals surface area contributed by atoms with Crippen molar-refractivity contribution in [3.63, 3.8) is 0 Å². The van der Waals surface area contributed by atoms with Gasteiger partial charge in [-0.25, -0.2) is 0 Å². The van der Waals surface area contributed by atoms with Crippen LogP contribution >= 0.6 is 0 Å². The molecule has 1 unspecified atom stereocenters. The molecule has 2 N–H and O–H groups in total. The highest BCUT2D eigenvalue weighted by Crippen LogP contribution is 2.25. The lowest BCUT2D eigenvalue weighted by atomic mass is 9.86. The lowest BCUT2D eigenvalue weighted by molar-refractivity contribution is -0.116. The van der Waals surface area contributed by atoms with Gasteiger partial charge in [-0.2, -0.15) is 0 Å². The molecule has 1 saturated heterocycles. The molecule has 0 spiro atoms. The molecular weight excluding hydrogens is 288 g/mol. The number of carbonyl (C=O) groups is 1. The van der Waals surface area contributed by atoms with Gasteiger partial charge in [-0.05, 0) is 51.7 Å². The summed E-state index contributed by atoms with van der Waals surface area (Å²) < 4.78 is 5.47. The molecule has 4 heteroatoms. The van der Waals surface area contributed by atoms with Crippen molar-refractivity contribution in [1.29, 1.82) is 0 Å². The Labute approximate surface area is 140 Å². The molecule has 0 aliphatic carbocycles. The van der Waals surface area contributed by atoms with Crippen molar-refractivity contribution in [3.05, 3.63) is 29.3 Å². The number of aryl methyl sites for hydroxylation is 2. The van der Waals surface area contributed by atoms with Crippen LogP contribution in [0.2, 0.25) is 0 Å². The Morgan fingerprint density at radius 2 is 2.00 bits per heavy atom. The molecule has 0 saturated carbocycles. The van der Waals surface area contributed by atoms with Gasteiger partial charge in [0.25, 0.3) is 0 Å². The van der Waals surface area contributed by atoms with Crippen molar-refractivity contribution >= 4 is 11.6 Å². The molecule has 1 atom stereocenters. The van der Waals surface area contributed by atoms with Crippen LogP contribution in [-0.2, 0) is 9.53 Å². The second kappa shape index (κ2) is 7.93. The summed E-state index contributed by atoms with van der Waals surface area (Å²) in [6, 6.07) is 6.25. The third-order valence-corrected chi connectivity index (χ3v) is 4.83. The zero-order chi connectivity index (χ0) is 16.9. The van der Waals surface area contributed by atoms with Crippen molar-refractivity contribution < 1.29 is 9.53 Å². The van der Waals surface area contributed by atoms with Crippen molar-refractivity contribution in [1.82, 2.24) is 5.32 Å². The molecule has 23 heavy (non-hydrogen) atoms. The first-order valence-electron chi connectivity index (χ1n) is 8.67. The van der Waals surface area contributed by atoms with Crippen molar-refractivity contribution in [3.8, 4) is 0 Å². The maximum atomic E-state index is 12.3. The Hall–Kier alpha value is -1.39. The van der Waals surface area contributed by atoms with Crippen LogP contribution in [0.1, 0.15) is 50.7 Å². The molecule has 128 valence electrons. The number of rotatable bonds is 6. The summed E-state index contributed by atoms with van der Waals surface area (Å²) in [6.45, 7) is 10.0. The van der Waals surface area contributed by atoms with Crippen molar-refractivity contribution in [2.75, 3.05) is 18.5 Å². The average Bonchev–Trinajstić information content (AvgIpc) is 2.51. The molecule has 1 fully saturated rings. The van der Waals surface area contributed by atoms with Crippen molar-refractivity contribution in [2.45, 2.75) is 65.0 Å². The fourth-order valence-corrected chi connectivity index (χ4v) is 3.37. The van der Waals surface area contributed by atoms with Crippen LogP contribution in [0.15, 0.2) is 18.2 Å².